The number of nitrogens with zero attached hydrogens (tertiary/aromatic N) is 1. The van der Waals surface area contributed by atoms with Crippen LogP contribution in [0.2, 0.25) is 0 Å². The van der Waals surface area contributed by atoms with Crippen LogP contribution in [-0.2, 0) is 14.6 Å². The van der Waals surface area contributed by atoms with Crippen LogP contribution in [0.5, 0.6) is 0 Å². The number of hydrogen-bond donors (Lipinski definition) is 2. The average Bonchev–Trinajstić information content (AvgIpc) is 3.46. The van der Waals surface area contributed by atoms with Crippen LogP contribution in [-0.4, -0.2) is 68.0 Å². The van der Waals surface area contributed by atoms with Gasteiger partial charge in [0.05, 0.1) is 16.9 Å². The zero-order valence-electron chi connectivity index (χ0n) is 33.0. The molecule has 5 aliphatic carbocycles. The van der Waals surface area contributed by atoms with Gasteiger partial charge in [0.25, 0.3) is 0 Å². The number of hydrogen-bond acceptors (Lipinski definition) is 5. The second kappa shape index (κ2) is 13.1. The Balaban J connectivity index is 1.15. The standard InChI is InChI=1S/C43H62F2N2O5S/c1-26(2)28-10-15-43(38(50)46-18-19-47-20-22-53(51,52)23-21-47)17-16-41(6)30(36(28)43)8-9-34-40(5)13-11-29(39(3,4)33(40)12-14-42(34,41)7)27-24-31(44)35(37(48)49)32(45)25-27/h11,24-26,28,30,33-34,36H,8-10,12-23H2,1-7H3,(H,46,50)(H,48,49)/t28-,30+,33-,34+,36+,40-,41+,42+,43-/m0/s1. The van der Waals surface area contributed by atoms with Crippen LogP contribution in [0, 0.1) is 74.2 Å². The van der Waals surface area contributed by atoms with Gasteiger partial charge in [-0.3, -0.25) is 9.69 Å². The molecule has 5 fully saturated rings. The maximum Gasteiger partial charge on any atom is 0.341 e. The van der Waals surface area contributed by atoms with Gasteiger partial charge in [0.2, 0.25) is 5.91 Å². The van der Waals surface area contributed by atoms with E-state index in [0.717, 1.165) is 63.4 Å². The number of carboxylic acids is 1. The van der Waals surface area contributed by atoms with E-state index in [0.29, 0.717) is 67.2 Å². The van der Waals surface area contributed by atoms with E-state index in [-0.39, 0.29) is 44.5 Å². The van der Waals surface area contributed by atoms with Crippen molar-refractivity contribution in [2.75, 3.05) is 37.7 Å². The molecule has 9 atom stereocenters. The van der Waals surface area contributed by atoms with E-state index in [4.69, 9.17) is 0 Å². The van der Waals surface area contributed by atoms with E-state index >= 15 is 0 Å². The summed E-state index contributed by atoms with van der Waals surface area (Å²) in [6.07, 6.45) is 11.3. The van der Waals surface area contributed by atoms with Gasteiger partial charge >= 0.3 is 5.97 Å². The second-order valence-electron chi connectivity index (χ2n) is 19.7. The van der Waals surface area contributed by atoms with Crippen LogP contribution in [0.25, 0.3) is 5.57 Å². The molecule has 0 radical (unpaired) electrons. The van der Waals surface area contributed by atoms with E-state index in [2.05, 4.69) is 64.8 Å². The van der Waals surface area contributed by atoms with Crippen LogP contribution in [0.15, 0.2) is 18.2 Å². The first-order chi connectivity index (χ1) is 24.7. The highest BCUT2D eigenvalue weighted by molar-refractivity contribution is 7.91. The van der Waals surface area contributed by atoms with E-state index in [1.54, 1.807) is 0 Å². The van der Waals surface area contributed by atoms with E-state index < -0.39 is 33.0 Å². The Morgan fingerprint density at radius 2 is 1.57 bits per heavy atom. The Kier molecular flexibility index (Phi) is 9.64. The molecule has 1 aromatic carbocycles. The number of amides is 1. The van der Waals surface area contributed by atoms with Crippen LogP contribution in [0.4, 0.5) is 8.78 Å². The van der Waals surface area contributed by atoms with Gasteiger partial charge in [-0.25, -0.2) is 22.0 Å². The number of rotatable bonds is 7. The lowest BCUT2D eigenvalue weighted by molar-refractivity contribution is -0.227. The van der Waals surface area contributed by atoms with Gasteiger partial charge in [0, 0.05) is 26.2 Å². The molecule has 1 aliphatic heterocycles. The third-order valence-electron chi connectivity index (χ3n) is 17.1. The molecular weight excluding hydrogens is 695 g/mol. The number of halogens is 2. The number of carboxylic acid groups (broad SMARTS) is 1. The van der Waals surface area contributed by atoms with Crippen molar-refractivity contribution in [3.8, 4) is 0 Å². The maximum absolute atomic E-state index is 15.0. The van der Waals surface area contributed by atoms with Crippen LogP contribution >= 0.6 is 0 Å². The molecular formula is C43H62F2N2O5S. The molecule has 1 saturated heterocycles. The predicted molar refractivity (Wildman–Crippen MR) is 204 cm³/mol. The first-order valence-electron chi connectivity index (χ1n) is 20.4. The van der Waals surface area contributed by atoms with E-state index in [1.165, 1.54) is 12.1 Å². The summed E-state index contributed by atoms with van der Waals surface area (Å²) in [7, 11) is -2.94. The SMILES string of the molecule is CC(C)[C@@H]1CC[C@]2(C(=O)NCCN3CCS(=O)(=O)CC3)CC[C@]3(C)[C@H](CC[C@@H]4[C@@]5(C)CC=C(c6cc(F)c(C(=O)O)c(F)c6)C(C)(C)[C@@H]5CC[C@]43C)[C@@H]12. The monoisotopic (exact) mass is 756 g/mol. The summed E-state index contributed by atoms with van der Waals surface area (Å²) in [5, 5.41) is 12.8. The third kappa shape index (κ3) is 5.87. The molecule has 7 nitrogen and oxygen atoms in total. The fraction of sp³-hybridized carbons (Fsp3) is 0.767. The fourth-order valence-electron chi connectivity index (χ4n) is 14.3. The first kappa shape index (κ1) is 38.9. The van der Waals surface area contributed by atoms with Gasteiger partial charge < -0.3 is 10.4 Å². The van der Waals surface area contributed by atoms with Crippen LogP contribution in [0.1, 0.15) is 122 Å². The maximum atomic E-state index is 15.0. The van der Waals surface area contributed by atoms with Gasteiger partial charge in [-0.2, -0.15) is 0 Å². The third-order valence-corrected chi connectivity index (χ3v) is 18.7. The molecule has 2 N–H and O–H groups in total. The lowest BCUT2D eigenvalue weighted by Crippen LogP contribution is -2.66. The highest BCUT2D eigenvalue weighted by atomic mass is 32.2. The summed E-state index contributed by atoms with van der Waals surface area (Å²) >= 11 is 0. The van der Waals surface area contributed by atoms with Gasteiger partial charge in [-0.15, -0.1) is 0 Å². The Bertz CT molecular complexity index is 1770. The molecule has 1 amide bonds. The predicted octanol–water partition coefficient (Wildman–Crippen LogP) is 8.24. The summed E-state index contributed by atoms with van der Waals surface area (Å²) in [5.74, 6) is -0.531. The van der Waals surface area contributed by atoms with Crippen molar-refractivity contribution in [3.05, 3.63) is 41.0 Å². The minimum absolute atomic E-state index is 0.0150. The highest BCUT2D eigenvalue weighted by Crippen LogP contribution is 2.77. The normalized spacial score (nSPS) is 40.3. The Morgan fingerprint density at radius 1 is 0.906 bits per heavy atom. The Hall–Kier alpha value is -2.33. The molecule has 6 aliphatic rings. The summed E-state index contributed by atoms with van der Waals surface area (Å²) in [6.45, 7) is 19.0. The topological polar surface area (TPSA) is 104 Å². The Morgan fingerprint density at radius 3 is 2.19 bits per heavy atom. The highest BCUT2D eigenvalue weighted by Gasteiger charge is 2.71. The van der Waals surface area contributed by atoms with Crippen molar-refractivity contribution in [2.45, 2.75) is 106 Å². The number of carbonyl (C=O) groups is 2. The Labute approximate surface area is 316 Å². The van der Waals surface area contributed by atoms with Crippen molar-refractivity contribution in [2.24, 2.45) is 62.6 Å². The fourth-order valence-corrected chi connectivity index (χ4v) is 15.6. The van der Waals surface area contributed by atoms with Crippen LogP contribution < -0.4 is 5.32 Å². The minimum Gasteiger partial charge on any atom is -0.477 e. The van der Waals surface area contributed by atoms with Crippen molar-refractivity contribution in [3.63, 3.8) is 0 Å². The lowest BCUT2D eigenvalue weighted by atomic mass is 9.32. The zero-order valence-corrected chi connectivity index (χ0v) is 33.8. The van der Waals surface area contributed by atoms with Crippen LogP contribution in [0.3, 0.4) is 0 Å². The molecule has 10 heteroatoms. The molecule has 53 heavy (non-hydrogen) atoms. The largest absolute Gasteiger partial charge is 0.477 e. The molecule has 0 unspecified atom stereocenters. The number of nitrogens with one attached hydrogen (secondary N) is 1. The number of fused-ring (bicyclic) bond motifs is 7. The van der Waals surface area contributed by atoms with Crippen molar-refractivity contribution in [1.82, 2.24) is 10.2 Å². The van der Waals surface area contributed by atoms with Crippen molar-refractivity contribution in [1.29, 1.82) is 0 Å². The number of sulfone groups is 1. The van der Waals surface area contributed by atoms with Gasteiger partial charge in [-0.1, -0.05) is 54.5 Å². The molecule has 0 spiro atoms. The molecule has 7 rings (SSSR count). The smallest absolute Gasteiger partial charge is 0.341 e. The van der Waals surface area contributed by atoms with Gasteiger partial charge in [0.15, 0.2) is 9.84 Å². The molecule has 4 saturated carbocycles. The average molecular weight is 757 g/mol. The van der Waals surface area contributed by atoms with E-state index in [1.807, 2.05) is 0 Å². The number of carbonyl (C=O) groups excluding carboxylic acids is 1. The summed E-state index contributed by atoms with van der Waals surface area (Å²) in [5.41, 5.74) is -0.159. The van der Waals surface area contributed by atoms with Gasteiger partial charge in [-0.05, 0) is 138 Å². The zero-order chi connectivity index (χ0) is 38.5. The summed E-state index contributed by atoms with van der Waals surface area (Å²) < 4.78 is 53.8. The molecule has 1 aromatic rings. The number of aromatic carboxylic acids is 1. The lowest BCUT2D eigenvalue weighted by Gasteiger charge is -2.72. The molecule has 1 heterocycles. The summed E-state index contributed by atoms with van der Waals surface area (Å²) in [4.78, 5) is 28.2. The minimum atomic E-state index is -2.94. The van der Waals surface area contributed by atoms with E-state index in [9.17, 15) is 31.9 Å². The molecule has 294 valence electrons. The van der Waals surface area contributed by atoms with Crippen molar-refractivity contribution < 1.29 is 31.9 Å². The first-order valence-corrected chi connectivity index (χ1v) is 22.2. The second-order valence-corrected chi connectivity index (χ2v) is 22.0. The number of allylic oxidation sites excluding steroid dienone is 2. The quantitative estimate of drug-likeness (QED) is 0.291. The molecule has 0 aromatic heterocycles. The summed E-state index contributed by atoms with van der Waals surface area (Å²) in [6, 6.07) is 2.42. The number of benzene rings is 1. The van der Waals surface area contributed by atoms with Gasteiger partial charge in [0.1, 0.15) is 17.2 Å². The van der Waals surface area contributed by atoms with Crippen molar-refractivity contribution >= 4 is 27.3 Å². The molecule has 0 bridgehead atoms.